The van der Waals surface area contributed by atoms with Crippen LogP contribution in [0.5, 0.6) is 0 Å². The van der Waals surface area contributed by atoms with E-state index in [1.807, 2.05) is 0 Å². The Labute approximate surface area is 163 Å². The lowest BCUT2D eigenvalue weighted by Gasteiger charge is -2.10. The van der Waals surface area contributed by atoms with Gasteiger partial charge < -0.3 is 9.13 Å². The molecule has 0 amide bonds. The molecular formula is C26H20N2. The van der Waals surface area contributed by atoms with Crippen molar-refractivity contribution in [2.75, 3.05) is 0 Å². The second kappa shape index (κ2) is 5.49. The van der Waals surface area contributed by atoms with Crippen LogP contribution in [-0.2, 0) is 14.1 Å². The zero-order chi connectivity index (χ0) is 18.8. The van der Waals surface area contributed by atoms with E-state index in [0.717, 1.165) is 0 Å². The van der Waals surface area contributed by atoms with Crippen molar-refractivity contribution in [3.63, 3.8) is 0 Å². The maximum absolute atomic E-state index is 2.33. The van der Waals surface area contributed by atoms with Gasteiger partial charge in [0.1, 0.15) is 0 Å². The highest BCUT2D eigenvalue weighted by Crippen LogP contribution is 2.40. The number of benzene rings is 4. The van der Waals surface area contributed by atoms with Gasteiger partial charge in [-0.25, -0.2) is 0 Å². The topological polar surface area (TPSA) is 9.86 Å². The number of fused-ring (bicyclic) bond motifs is 6. The van der Waals surface area contributed by atoms with Gasteiger partial charge in [-0.05, 0) is 12.1 Å². The lowest BCUT2D eigenvalue weighted by Crippen LogP contribution is -1.93. The second-order valence-corrected chi connectivity index (χ2v) is 7.56. The van der Waals surface area contributed by atoms with Gasteiger partial charge in [-0.2, -0.15) is 0 Å². The first-order valence-electron chi connectivity index (χ1n) is 9.68. The minimum Gasteiger partial charge on any atom is -0.343 e. The van der Waals surface area contributed by atoms with E-state index in [2.05, 4.69) is 108 Å². The number of hydrogen-bond donors (Lipinski definition) is 0. The average molecular weight is 360 g/mol. The largest absolute Gasteiger partial charge is 0.343 e. The number of rotatable bonds is 1. The summed E-state index contributed by atoms with van der Waals surface area (Å²) in [5.74, 6) is 0. The molecule has 134 valence electrons. The summed E-state index contributed by atoms with van der Waals surface area (Å²) in [7, 11) is 4.35. The normalized spacial score (nSPS) is 11.9. The molecule has 0 aliphatic heterocycles. The monoisotopic (exact) mass is 360 g/mol. The lowest BCUT2D eigenvalue weighted by molar-refractivity contribution is 1.01. The van der Waals surface area contributed by atoms with Crippen LogP contribution in [0.1, 0.15) is 0 Å². The summed E-state index contributed by atoms with van der Waals surface area (Å²) in [6.07, 6.45) is 0. The highest BCUT2D eigenvalue weighted by molar-refractivity contribution is 6.17. The van der Waals surface area contributed by atoms with Crippen molar-refractivity contribution in [3.05, 3.63) is 84.9 Å². The van der Waals surface area contributed by atoms with E-state index in [1.54, 1.807) is 0 Å². The van der Waals surface area contributed by atoms with E-state index in [1.165, 1.54) is 54.7 Å². The van der Waals surface area contributed by atoms with E-state index < -0.39 is 0 Å². The summed E-state index contributed by atoms with van der Waals surface area (Å²) in [5.41, 5.74) is 7.70. The van der Waals surface area contributed by atoms with E-state index in [4.69, 9.17) is 0 Å². The highest BCUT2D eigenvalue weighted by Gasteiger charge is 2.17. The predicted molar refractivity (Wildman–Crippen MR) is 120 cm³/mol. The summed E-state index contributed by atoms with van der Waals surface area (Å²) in [6.45, 7) is 0. The van der Waals surface area contributed by atoms with Crippen LogP contribution in [-0.4, -0.2) is 9.13 Å². The number of para-hydroxylation sites is 4. The Morgan fingerprint density at radius 2 is 0.821 bits per heavy atom. The van der Waals surface area contributed by atoms with Gasteiger partial charge in [-0.1, -0.05) is 72.8 Å². The van der Waals surface area contributed by atoms with Crippen LogP contribution in [0.25, 0.3) is 54.7 Å². The standard InChI is InChI=1S/C26H20N2/c1-27-23-15-5-3-9-17(23)19-11-7-13-21(25(19)27)22-14-8-12-20-18-10-4-6-16-24(18)28(2)26(20)22/h3-16H,1-2H3. The van der Waals surface area contributed by atoms with Crippen molar-refractivity contribution in [3.8, 4) is 11.1 Å². The minimum absolute atomic E-state index is 1.27. The molecule has 0 atom stereocenters. The summed E-state index contributed by atoms with van der Waals surface area (Å²) >= 11 is 0. The fraction of sp³-hybridized carbons (Fsp3) is 0.0769. The summed E-state index contributed by atoms with van der Waals surface area (Å²) in [5, 5.41) is 5.25. The number of aromatic nitrogens is 2. The molecule has 0 N–H and O–H groups in total. The van der Waals surface area contributed by atoms with Gasteiger partial charge in [0.2, 0.25) is 0 Å². The fourth-order valence-corrected chi connectivity index (χ4v) is 4.91. The van der Waals surface area contributed by atoms with Crippen LogP contribution in [0.3, 0.4) is 0 Å². The first-order chi connectivity index (χ1) is 13.8. The minimum atomic E-state index is 1.27. The SMILES string of the molecule is Cn1c2ccccc2c2cccc(-c3cccc4c5ccccc5n(C)c34)c21. The third kappa shape index (κ3) is 1.87. The van der Waals surface area contributed by atoms with Crippen LogP contribution >= 0.6 is 0 Å². The maximum Gasteiger partial charge on any atom is 0.0569 e. The molecule has 4 aromatic carbocycles. The molecule has 0 spiro atoms. The molecule has 0 radical (unpaired) electrons. The molecule has 6 aromatic rings. The zero-order valence-corrected chi connectivity index (χ0v) is 16.0. The lowest BCUT2D eigenvalue weighted by atomic mass is 9.99. The summed E-state index contributed by atoms with van der Waals surface area (Å²) in [6, 6.07) is 30.7. The van der Waals surface area contributed by atoms with Crippen molar-refractivity contribution in [2.24, 2.45) is 14.1 Å². The van der Waals surface area contributed by atoms with E-state index in [-0.39, 0.29) is 0 Å². The molecule has 0 bridgehead atoms. The van der Waals surface area contributed by atoms with Crippen molar-refractivity contribution < 1.29 is 0 Å². The van der Waals surface area contributed by atoms with E-state index in [0.29, 0.717) is 0 Å². The molecule has 2 nitrogen and oxygen atoms in total. The maximum atomic E-state index is 2.33. The zero-order valence-electron chi connectivity index (χ0n) is 16.0. The molecular weight excluding hydrogens is 340 g/mol. The Morgan fingerprint density at radius 3 is 1.29 bits per heavy atom. The van der Waals surface area contributed by atoms with Gasteiger partial charge in [-0.3, -0.25) is 0 Å². The third-order valence-corrected chi connectivity index (χ3v) is 6.14. The van der Waals surface area contributed by atoms with Crippen molar-refractivity contribution in [1.29, 1.82) is 0 Å². The first-order valence-corrected chi connectivity index (χ1v) is 9.68. The Morgan fingerprint density at radius 1 is 0.429 bits per heavy atom. The molecule has 0 fully saturated rings. The van der Waals surface area contributed by atoms with Gasteiger partial charge in [0.05, 0.1) is 11.0 Å². The molecule has 28 heavy (non-hydrogen) atoms. The van der Waals surface area contributed by atoms with Crippen molar-refractivity contribution >= 4 is 43.6 Å². The van der Waals surface area contributed by atoms with Gasteiger partial charge in [-0.15, -0.1) is 0 Å². The molecule has 2 heterocycles. The predicted octanol–water partition coefficient (Wildman–Crippen LogP) is 6.64. The molecule has 2 aromatic heterocycles. The van der Waals surface area contributed by atoms with Crippen LogP contribution in [0, 0.1) is 0 Å². The Bertz CT molecular complexity index is 1410. The quantitative estimate of drug-likeness (QED) is 0.311. The third-order valence-electron chi connectivity index (χ3n) is 6.14. The average Bonchev–Trinajstić information content (AvgIpc) is 3.21. The van der Waals surface area contributed by atoms with Gasteiger partial charge in [0, 0.05) is 57.8 Å². The smallest absolute Gasteiger partial charge is 0.0569 e. The molecule has 0 unspecified atom stereocenters. The summed E-state index contributed by atoms with van der Waals surface area (Å²) in [4.78, 5) is 0. The number of aryl methyl sites for hydroxylation is 2. The second-order valence-electron chi connectivity index (χ2n) is 7.56. The van der Waals surface area contributed by atoms with Crippen molar-refractivity contribution in [1.82, 2.24) is 9.13 Å². The van der Waals surface area contributed by atoms with Crippen LogP contribution in [0.4, 0.5) is 0 Å². The Kier molecular flexibility index (Phi) is 3.05. The van der Waals surface area contributed by atoms with Gasteiger partial charge in [0.15, 0.2) is 0 Å². The first kappa shape index (κ1) is 15.5. The molecule has 0 saturated heterocycles. The van der Waals surface area contributed by atoms with Gasteiger partial charge >= 0.3 is 0 Å². The molecule has 6 rings (SSSR count). The van der Waals surface area contributed by atoms with E-state index >= 15 is 0 Å². The summed E-state index contributed by atoms with van der Waals surface area (Å²) < 4.78 is 4.67. The molecule has 0 aliphatic rings. The van der Waals surface area contributed by atoms with Gasteiger partial charge in [0.25, 0.3) is 0 Å². The Hall–Kier alpha value is -3.52. The number of nitrogens with zero attached hydrogens (tertiary/aromatic N) is 2. The van der Waals surface area contributed by atoms with Crippen molar-refractivity contribution in [2.45, 2.75) is 0 Å². The highest BCUT2D eigenvalue weighted by atomic mass is 15.0. The molecule has 0 saturated carbocycles. The fourth-order valence-electron chi connectivity index (χ4n) is 4.91. The van der Waals surface area contributed by atoms with Crippen LogP contribution in [0.2, 0.25) is 0 Å². The van der Waals surface area contributed by atoms with E-state index in [9.17, 15) is 0 Å². The number of hydrogen-bond acceptors (Lipinski definition) is 0. The molecule has 0 aliphatic carbocycles. The van der Waals surface area contributed by atoms with Crippen LogP contribution in [0.15, 0.2) is 84.9 Å². The van der Waals surface area contributed by atoms with Crippen LogP contribution < -0.4 is 0 Å². The molecule has 2 heteroatoms. The Balaban J connectivity index is 1.81.